The minimum absolute atomic E-state index is 0.0373. The van der Waals surface area contributed by atoms with E-state index in [0.717, 1.165) is 0 Å². The summed E-state index contributed by atoms with van der Waals surface area (Å²) in [7, 11) is 0. The number of rotatable bonds is 8. The van der Waals surface area contributed by atoms with Gasteiger partial charge in [0.05, 0.1) is 5.69 Å². The molecule has 1 heterocycles. The van der Waals surface area contributed by atoms with Gasteiger partial charge in [0.1, 0.15) is 5.25 Å². The van der Waals surface area contributed by atoms with E-state index in [1.165, 1.54) is 29.1 Å². The largest absolute Gasteiger partial charge is 0.326 e. The van der Waals surface area contributed by atoms with Crippen LogP contribution in [0.5, 0.6) is 0 Å². The molecule has 7 heteroatoms. The maximum atomic E-state index is 12.9. The smallest absolute Gasteiger partial charge is 0.242 e. The summed E-state index contributed by atoms with van der Waals surface area (Å²) in [6.07, 6.45) is 1.66. The highest BCUT2D eigenvalue weighted by molar-refractivity contribution is 8.15. The molecule has 0 saturated carbocycles. The number of carbonyl (C=O) groups excluding carboxylic acids is 3. The van der Waals surface area contributed by atoms with E-state index in [2.05, 4.69) is 30.7 Å². The Labute approximate surface area is 192 Å². The lowest BCUT2D eigenvalue weighted by atomic mass is 10.0. The first-order chi connectivity index (χ1) is 15.3. The maximum Gasteiger partial charge on any atom is 0.242 e. The van der Waals surface area contributed by atoms with Gasteiger partial charge in [-0.15, -0.1) is 6.58 Å². The van der Waals surface area contributed by atoms with Crippen molar-refractivity contribution in [2.24, 2.45) is 4.99 Å². The minimum Gasteiger partial charge on any atom is -0.326 e. The summed E-state index contributed by atoms with van der Waals surface area (Å²) < 4.78 is 0. The number of carbonyl (C=O) groups is 3. The molecule has 0 spiro atoms. The molecular formula is C25H27N3O3S. The standard InChI is InChI=1S/C25H27N3O3S/c1-5-13-28-24(31)22(15-23(30)26-20-11-9-18(10-12-20)16(2)3)32-25(28)27-21-8-6-7-19(14-21)17(4)29/h5-12,14,16,22H,1,13,15H2,2-4H3,(H,26,30)/t22-/m0/s1. The number of amidine groups is 1. The summed E-state index contributed by atoms with van der Waals surface area (Å²) in [4.78, 5) is 43.3. The molecule has 0 radical (unpaired) electrons. The number of thioether (sulfide) groups is 1. The summed E-state index contributed by atoms with van der Waals surface area (Å²) in [5.74, 6) is -0.0497. The van der Waals surface area contributed by atoms with Crippen LogP contribution < -0.4 is 5.32 Å². The zero-order chi connectivity index (χ0) is 23.3. The number of Topliss-reactive ketones (excluding diaryl/α,β-unsaturated/α-hetero) is 1. The fourth-order valence-corrected chi connectivity index (χ4v) is 4.43. The quantitative estimate of drug-likeness (QED) is 0.446. The first-order valence-corrected chi connectivity index (χ1v) is 11.3. The zero-order valence-corrected chi connectivity index (χ0v) is 19.3. The molecule has 2 aromatic rings. The van der Waals surface area contributed by atoms with E-state index < -0.39 is 5.25 Å². The lowest BCUT2D eigenvalue weighted by Gasteiger charge is -2.14. The number of anilines is 1. The zero-order valence-electron chi connectivity index (χ0n) is 18.5. The Balaban J connectivity index is 1.73. The number of ketones is 1. The monoisotopic (exact) mass is 449 g/mol. The molecule has 2 aromatic carbocycles. The number of nitrogens with zero attached hydrogens (tertiary/aromatic N) is 2. The molecule has 1 atom stereocenters. The molecule has 6 nitrogen and oxygen atoms in total. The lowest BCUT2D eigenvalue weighted by molar-refractivity contribution is -0.127. The summed E-state index contributed by atoms with van der Waals surface area (Å²) in [5, 5.41) is 2.79. The van der Waals surface area contributed by atoms with Gasteiger partial charge in [-0.1, -0.05) is 56.0 Å². The number of hydrogen-bond donors (Lipinski definition) is 1. The summed E-state index contributed by atoms with van der Waals surface area (Å²) in [6, 6.07) is 14.7. The Kier molecular flexibility index (Phi) is 7.64. The van der Waals surface area contributed by atoms with Crippen LogP contribution in [0.4, 0.5) is 11.4 Å². The van der Waals surface area contributed by atoms with Gasteiger partial charge in [-0.2, -0.15) is 0 Å². The van der Waals surface area contributed by atoms with Gasteiger partial charge >= 0.3 is 0 Å². The molecule has 1 aliphatic heterocycles. The van der Waals surface area contributed by atoms with Crippen molar-refractivity contribution in [2.75, 3.05) is 11.9 Å². The molecule has 0 bridgehead atoms. The molecule has 166 valence electrons. The fraction of sp³-hybridized carbons (Fsp3) is 0.280. The Morgan fingerprint density at radius 3 is 2.56 bits per heavy atom. The van der Waals surface area contributed by atoms with Gasteiger partial charge in [-0.25, -0.2) is 4.99 Å². The summed E-state index contributed by atoms with van der Waals surface area (Å²) in [5.41, 5.74) is 3.03. The van der Waals surface area contributed by atoms with Crippen LogP contribution in [0.2, 0.25) is 0 Å². The van der Waals surface area contributed by atoms with Crippen molar-refractivity contribution in [3.8, 4) is 0 Å². The van der Waals surface area contributed by atoms with Crippen molar-refractivity contribution in [1.82, 2.24) is 4.90 Å². The molecule has 1 fully saturated rings. The van der Waals surface area contributed by atoms with Crippen LogP contribution in [0.1, 0.15) is 49.0 Å². The number of nitrogens with one attached hydrogen (secondary N) is 1. The third-order valence-electron chi connectivity index (χ3n) is 5.04. The van der Waals surface area contributed by atoms with E-state index in [0.29, 0.717) is 34.6 Å². The highest BCUT2D eigenvalue weighted by Gasteiger charge is 2.38. The Bertz CT molecular complexity index is 1060. The van der Waals surface area contributed by atoms with Crippen LogP contribution in [0, 0.1) is 0 Å². The van der Waals surface area contributed by atoms with E-state index in [-0.39, 0.29) is 24.0 Å². The second-order valence-corrected chi connectivity index (χ2v) is 9.04. The Hall–Kier alpha value is -3.19. The van der Waals surface area contributed by atoms with Crippen molar-refractivity contribution >= 4 is 45.9 Å². The third kappa shape index (κ3) is 5.73. The van der Waals surface area contributed by atoms with Crippen LogP contribution in [0.3, 0.4) is 0 Å². The molecule has 1 N–H and O–H groups in total. The van der Waals surface area contributed by atoms with Crippen molar-refractivity contribution in [2.45, 2.75) is 38.4 Å². The van der Waals surface area contributed by atoms with Gasteiger partial charge in [0.2, 0.25) is 11.8 Å². The molecule has 0 aromatic heterocycles. The number of amides is 2. The summed E-state index contributed by atoms with van der Waals surface area (Å²) in [6.45, 7) is 9.73. The van der Waals surface area contributed by atoms with E-state index in [9.17, 15) is 14.4 Å². The molecular weight excluding hydrogens is 422 g/mol. The average molecular weight is 450 g/mol. The van der Waals surface area contributed by atoms with Crippen molar-refractivity contribution in [3.63, 3.8) is 0 Å². The van der Waals surface area contributed by atoms with Crippen LogP contribution in [-0.4, -0.2) is 39.5 Å². The van der Waals surface area contributed by atoms with Crippen LogP contribution in [0.15, 0.2) is 66.2 Å². The fourth-order valence-electron chi connectivity index (χ4n) is 3.26. The van der Waals surface area contributed by atoms with Gasteiger partial charge < -0.3 is 5.32 Å². The second kappa shape index (κ2) is 10.4. The first-order valence-electron chi connectivity index (χ1n) is 10.5. The molecule has 32 heavy (non-hydrogen) atoms. The van der Waals surface area contributed by atoms with Gasteiger partial charge in [0.25, 0.3) is 0 Å². The van der Waals surface area contributed by atoms with E-state index in [1.54, 1.807) is 30.3 Å². The molecule has 1 saturated heterocycles. The topological polar surface area (TPSA) is 78.8 Å². The van der Waals surface area contributed by atoms with Gasteiger partial charge in [0.15, 0.2) is 11.0 Å². The number of benzene rings is 2. The molecule has 0 unspecified atom stereocenters. The van der Waals surface area contributed by atoms with E-state index >= 15 is 0 Å². The van der Waals surface area contributed by atoms with Crippen molar-refractivity contribution < 1.29 is 14.4 Å². The number of hydrogen-bond acceptors (Lipinski definition) is 5. The predicted octanol–water partition coefficient (Wildman–Crippen LogP) is 5.16. The van der Waals surface area contributed by atoms with Crippen LogP contribution >= 0.6 is 11.8 Å². The normalized spacial score (nSPS) is 17.1. The maximum absolute atomic E-state index is 12.9. The van der Waals surface area contributed by atoms with Crippen molar-refractivity contribution in [1.29, 1.82) is 0 Å². The molecule has 3 rings (SSSR count). The first kappa shape index (κ1) is 23.5. The van der Waals surface area contributed by atoms with Crippen LogP contribution in [-0.2, 0) is 9.59 Å². The third-order valence-corrected chi connectivity index (χ3v) is 6.22. The highest BCUT2D eigenvalue weighted by Crippen LogP contribution is 2.32. The minimum atomic E-state index is -0.570. The highest BCUT2D eigenvalue weighted by atomic mass is 32.2. The second-order valence-electron chi connectivity index (χ2n) is 7.87. The SMILES string of the molecule is C=CCN1C(=O)[C@H](CC(=O)Nc2ccc(C(C)C)cc2)SC1=Nc1cccc(C(C)=O)c1. The van der Waals surface area contributed by atoms with Gasteiger partial charge in [0, 0.05) is 24.2 Å². The van der Waals surface area contributed by atoms with Crippen molar-refractivity contribution in [3.05, 3.63) is 72.3 Å². The molecule has 1 aliphatic rings. The average Bonchev–Trinajstić information content (AvgIpc) is 3.03. The Morgan fingerprint density at radius 2 is 1.94 bits per heavy atom. The van der Waals surface area contributed by atoms with Gasteiger partial charge in [-0.05, 0) is 42.7 Å². The Morgan fingerprint density at radius 1 is 1.22 bits per heavy atom. The van der Waals surface area contributed by atoms with E-state index in [1.807, 2.05) is 24.3 Å². The van der Waals surface area contributed by atoms with E-state index in [4.69, 9.17) is 0 Å². The lowest BCUT2D eigenvalue weighted by Crippen LogP contribution is -2.33. The molecule has 0 aliphatic carbocycles. The molecule has 2 amide bonds. The van der Waals surface area contributed by atoms with Gasteiger partial charge in [-0.3, -0.25) is 19.3 Å². The predicted molar refractivity (Wildman–Crippen MR) is 131 cm³/mol. The summed E-state index contributed by atoms with van der Waals surface area (Å²) >= 11 is 1.25. The number of aliphatic imine (C=N–C) groups is 1. The van der Waals surface area contributed by atoms with Crippen LogP contribution in [0.25, 0.3) is 0 Å².